The summed E-state index contributed by atoms with van der Waals surface area (Å²) >= 11 is 0. The molecule has 35 heavy (non-hydrogen) atoms. The Bertz CT molecular complexity index is 1210. The molecule has 0 aromatic heterocycles. The maximum Gasteiger partial charge on any atom is 0.241 e. The van der Waals surface area contributed by atoms with E-state index >= 15 is 0 Å². The van der Waals surface area contributed by atoms with E-state index in [1.807, 2.05) is 61.5 Å². The average molecular weight is 497 g/mol. The molecule has 3 aromatic carbocycles. The fourth-order valence-corrected chi connectivity index (χ4v) is 4.93. The molecule has 0 heterocycles. The summed E-state index contributed by atoms with van der Waals surface area (Å²) in [5.74, 6) is 1.01. The van der Waals surface area contributed by atoms with Crippen LogP contribution in [0.1, 0.15) is 23.6 Å². The van der Waals surface area contributed by atoms with Crippen molar-refractivity contribution in [3.63, 3.8) is 0 Å². The molecule has 1 unspecified atom stereocenters. The number of carbonyl (C=O) groups is 1. The number of rotatable bonds is 12. The average Bonchev–Trinajstić information content (AvgIpc) is 2.86. The molecule has 0 aliphatic carbocycles. The topological polar surface area (TPSA) is 93.7 Å². The lowest BCUT2D eigenvalue weighted by Crippen LogP contribution is -2.48. The van der Waals surface area contributed by atoms with E-state index in [0.29, 0.717) is 30.9 Å². The fraction of sp³-hybridized carbons (Fsp3) is 0.296. The number of ether oxygens (including phenoxy) is 2. The third-order valence-electron chi connectivity index (χ3n) is 5.53. The Hall–Kier alpha value is -3.36. The molecule has 0 spiro atoms. The first kappa shape index (κ1) is 26.2. The molecule has 0 bridgehead atoms. The number of hydrogen-bond acceptors (Lipinski definition) is 5. The summed E-state index contributed by atoms with van der Waals surface area (Å²) in [4.78, 5) is 13.2. The Morgan fingerprint density at radius 2 is 1.69 bits per heavy atom. The molecule has 8 heteroatoms. The van der Waals surface area contributed by atoms with Gasteiger partial charge in [-0.25, -0.2) is 8.42 Å². The summed E-state index contributed by atoms with van der Waals surface area (Å²) in [6.45, 7) is 4.52. The van der Waals surface area contributed by atoms with Crippen LogP contribution in [-0.4, -0.2) is 40.6 Å². The summed E-state index contributed by atoms with van der Waals surface area (Å²) in [6, 6.07) is 20.6. The zero-order chi connectivity index (χ0) is 25.3. The summed E-state index contributed by atoms with van der Waals surface area (Å²) in [5, 5.41) is 2.87. The molecule has 0 saturated carbocycles. The largest absolute Gasteiger partial charge is 0.497 e. The highest BCUT2D eigenvalue weighted by Gasteiger charge is 2.26. The van der Waals surface area contributed by atoms with Crippen LogP contribution in [0.25, 0.3) is 0 Å². The SMILES string of the molecule is CCOc1ccc(S(=O)(=O)NC(Cc2ccccc2)C(=O)NCCc2ccc(OC)cc2)cc1C. The van der Waals surface area contributed by atoms with E-state index in [9.17, 15) is 13.2 Å². The second-order valence-electron chi connectivity index (χ2n) is 8.11. The lowest BCUT2D eigenvalue weighted by molar-refractivity contribution is -0.122. The van der Waals surface area contributed by atoms with Crippen molar-refractivity contribution in [3.8, 4) is 11.5 Å². The molecular formula is C27H32N2O5S. The summed E-state index contributed by atoms with van der Waals surface area (Å²) < 4.78 is 39.6. The molecule has 186 valence electrons. The normalized spacial score (nSPS) is 12.1. The fourth-order valence-electron chi connectivity index (χ4n) is 3.64. The van der Waals surface area contributed by atoms with E-state index in [1.165, 1.54) is 6.07 Å². The van der Waals surface area contributed by atoms with E-state index in [-0.39, 0.29) is 17.2 Å². The van der Waals surface area contributed by atoms with Gasteiger partial charge in [0.15, 0.2) is 0 Å². The van der Waals surface area contributed by atoms with Crippen LogP contribution in [0.4, 0.5) is 0 Å². The van der Waals surface area contributed by atoms with E-state index in [1.54, 1.807) is 26.2 Å². The van der Waals surface area contributed by atoms with Crippen molar-refractivity contribution in [1.82, 2.24) is 10.0 Å². The van der Waals surface area contributed by atoms with Crippen molar-refractivity contribution >= 4 is 15.9 Å². The second-order valence-corrected chi connectivity index (χ2v) is 9.83. The summed E-state index contributed by atoms with van der Waals surface area (Å²) in [6.07, 6.45) is 0.836. The van der Waals surface area contributed by atoms with Gasteiger partial charge >= 0.3 is 0 Å². The van der Waals surface area contributed by atoms with Gasteiger partial charge in [-0.15, -0.1) is 0 Å². The van der Waals surface area contributed by atoms with Crippen molar-refractivity contribution in [2.24, 2.45) is 0 Å². The van der Waals surface area contributed by atoms with Gasteiger partial charge in [0.25, 0.3) is 0 Å². The van der Waals surface area contributed by atoms with Crippen LogP contribution >= 0.6 is 0 Å². The van der Waals surface area contributed by atoms with E-state index < -0.39 is 16.1 Å². The van der Waals surface area contributed by atoms with Crippen LogP contribution in [0.3, 0.4) is 0 Å². The van der Waals surface area contributed by atoms with Crippen LogP contribution in [0, 0.1) is 6.92 Å². The first-order chi connectivity index (χ1) is 16.8. The molecule has 3 rings (SSSR count). The molecular weight excluding hydrogens is 464 g/mol. The van der Waals surface area contributed by atoms with Gasteiger partial charge in [0.1, 0.15) is 17.5 Å². The van der Waals surface area contributed by atoms with Crippen molar-refractivity contribution in [2.45, 2.75) is 37.6 Å². The lowest BCUT2D eigenvalue weighted by atomic mass is 10.1. The highest BCUT2D eigenvalue weighted by atomic mass is 32.2. The van der Waals surface area contributed by atoms with Crippen LogP contribution < -0.4 is 19.5 Å². The highest BCUT2D eigenvalue weighted by Crippen LogP contribution is 2.22. The maximum atomic E-state index is 13.2. The number of benzene rings is 3. The first-order valence-corrected chi connectivity index (χ1v) is 13.0. The van der Waals surface area contributed by atoms with Crippen LogP contribution in [-0.2, 0) is 27.7 Å². The quantitative estimate of drug-likeness (QED) is 0.399. The Balaban J connectivity index is 1.73. The first-order valence-electron chi connectivity index (χ1n) is 11.5. The summed E-state index contributed by atoms with van der Waals surface area (Å²) in [7, 11) is -2.34. The minimum Gasteiger partial charge on any atom is -0.497 e. The molecule has 0 saturated heterocycles. The Kier molecular flexibility index (Phi) is 9.28. The van der Waals surface area contributed by atoms with Gasteiger partial charge in [-0.1, -0.05) is 42.5 Å². The van der Waals surface area contributed by atoms with Gasteiger partial charge in [0.05, 0.1) is 18.6 Å². The van der Waals surface area contributed by atoms with Crippen molar-refractivity contribution < 1.29 is 22.7 Å². The van der Waals surface area contributed by atoms with Crippen LogP contribution in [0.15, 0.2) is 77.7 Å². The third-order valence-corrected chi connectivity index (χ3v) is 6.99. The number of sulfonamides is 1. The number of carbonyl (C=O) groups excluding carboxylic acids is 1. The highest BCUT2D eigenvalue weighted by molar-refractivity contribution is 7.89. The molecule has 1 atom stereocenters. The molecule has 1 amide bonds. The monoisotopic (exact) mass is 496 g/mol. The number of nitrogens with one attached hydrogen (secondary N) is 2. The third kappa shape index (κ3) is 7.56. The number of hydrogen-bond donors (Lipinski definition) is 2. The van der Waals surface area contributed by atoms with Gasteiger partial charge in [-0.05, 0) is 73.7 Å². The zero-order valence-corrected chi connectivity index (χ0v) is 21.1. The summed E-state index contributed by atoms with van der Waals surface area (Å²) in [5.41, 5.74) is 2.60. The zero-order valence-electron chi connectivity index (χ0n) is 20.3. The number of methoxy groups -OCH3 is 1. The van der Waals surface area contributed by atoms with Crippen molar-refractivity contribution in [2.75, 3.05) is 20.3 Å². The van der Waals surface area contributed by atoms with E-state index in [4.69, 9.17) is 9.47 Å². The van der Waals surface area contributed by atoms with E-state index in [0.717, 1.165) is 16.9 Å². The van der Waals surface area contributed by atoms with Crippen molar-refractivity contribution in [3.05, 3.63) is 89.5 Å². The Morgan fingerprint density at radius 1 is 0.971 bits per heavy atom. The Morgan fingerprint density at radius 3 is 2.31 bits per heavy atom. The Labute approximate surface area is 207 Å². The van der Waals surface area contributed by atoms with E-state index in [2.05, 4.69) is 10.0 Å². The molecule has 0 radical (unpaired) electrons. The minimum absolute atomic E-state index is 0.0857. The molecule has 0 aliphatic heterocycles. The molecule has 0 fully saturated rings. The molecule has 7 nitrogen and oxygen atoms in total. The van der Waals surface area contributed by atoms with Gasteiger partial charge in [0, 0.05) is 6.54 Å². The second kappa shape index (κ2) is 12.4. The van der Waals surface area contributed by atoms with Crippen LogP contribution in [0.5, 0.6) is 11.5 Å². The lowest BCUT2D eigenvalue weighted by Gasteiger charge is -2.19. The van der Waals surface area contributed by atoms with Gasteiger partial charge in [-0.2, -0.15) is 4.72 Å². The van der Waals surface area contributed by atoms with Gasteiger partial charge in [-0.3, -0.25) is 4.79 Å². The molecule has 0 aliphatic rings. The van der Waals surface area contributed by atoms with Gasteiger partial charge < -0.3 is 14.8 Å². The molecule has 2 N–H and O–H groups in total. The molecule has 3 aromatic rings. The predicted octanol–water partition coefficient (Wildman–Crippen LogP) is 3.65. The maximum absolute atomic E-state index is 13.2. The smallest absolute Gasteiger partial charge is 0.241 e. The number of aryl methyl sites for hydroxylation is 1. The van der Waals surface area contributed by atoms with Gasteiger partial charge in [0.2, 0.25) is 15.9 Å². The van der Waals surface area contributed by atoms with Crippen molar-refractivity contribution in [1.29, 1.82) is 0 Å². The number of amides is 1. The van der Waals surface area contributed by atoms with Crippen LogP contribution in [0.2, 0.25) is 0 Å². The minimum atomic E-state index is -3.94. The standard InChI is InChI=1S/C27H32N2O5S/c1-4-34-26-15-14-24(18-20(26)2)35(31,32)29-25(19-22-8-6-5-7-9-22)27(30)28-17-16-21-10-12-23(33-3)13-11-21/h5-15,18,25,29H,4,16-17,19H2,1-3H3,(H,28,30). The predicted molar refractivity (Wildman–Crippen MR) is 136 cm³/mol.